The Labute approximate surface area is 614 Å². The molecule has 0 N–H and O–H groups in total. The predicted molar refractivity (Wildman–Crippen MR) is 446 cm³/mol. The fraction of sp³-hybridized carbons (Fsp3) is 0.775. The van der Waals surface area contributed by atoms with E-state index in [2.05, 4.69) is 156 Å². The largest absolute Gasteiger partial charge is 0.490 e. The van der Waals surface area contributed by atoms with E-state index in [4.69, 9.17) is 9.47 Å². The van der Waals surface area contributed by atoms with Crippen LogP contribution < -0.4 is 9.47 Å². The zero-order chi connectivity index (χ0) is 55.1. The summed E-state index contributed by atoms with van der Waals surface area (Å²) in [6.45, 7) is 0.764. The summed E-state index contributed by atoms with van der Waals surface area (Å²) < 4.78 is 11.7. The van der Waals surface area contributed by atoms with Gasteiger partial charge in [-0.05, 0) is 217 Å². The Morgan fingerprint density at radius 3 is 1.14 bits per heavy atom. The number of hydrogen-bond acceptors (Lipinski definition) is 4. The van der Waals surface area contributed by atoms with E-state index < -0.39 is 0 Å². The van der Waals surface area contributed by atoms with Gasteiger partial charge < -0.3 is 16.9 Å². The summed E-state index contributed by atoms with van der Waals surface area (Å²) in [7, 11) is 55.6. The fourth-order valence-corrected chi connectivity index (χ4v) is 425. The minimum Gasteiger partial charge on any atom is -0.490 e. The van der Waals surface area contributed by atoms with E-state index in [1.54, 1.807) is 18.2 Å². The molecule has 39 heteroatoms. The number of rotatable bonds is 28. The summed E-state index contributed by atoms with van der Waals surface area (Å²) >= 11 is 0. The van der Waals surface area contributed by atoms with E-state index in [1.807, 2.05) is 0 Å². The Morgan fingerprint density at radius 2 is 0.810 bits per heavy atom. The third-order valence-electron chi connectivity index (χ3n) is 15.1. The summed E-state index contributed by atoms with van der Waals surface area (Å²) in [4.78, 5) is 26.6. The Balaban J connectivity index is 0.00000780. The predicted octanol–water partition coefficient (Wildman–Crippen LogP) is 29.2. The van der Waals surface area contributed by atoms with Crippen molar-refractivity contribution >= 4 is 268 Å². The SMILES string of the molecule is CCCC1CCC(CC2CCC(C(=O)Oc3c[c-]c(OC(=O)C4CCC(CC5CCC(CCP(P(P(P(P)P)P(P)P)P(P(P)P)P(P)P)P(P(P(P)P)P(P)P)P(P(P)P)P(P)PP)CC5)CC4)cc3)CC2)CC1.[CH3-].[Y].[Y].[Y]. The third-order valence-corrected chi connectivity index (χ3v) is 229. The van der Waals surface area contributed by atoms with E-state index in [-0.39, 0.29) is 234 Å². The number of carbonyl (C=O) groups excluding carboxylic acids is 2. The maximum absolute atomic E-state index is 13.5. The minimum atomic E-state index is -0.157. The average molecular weight is 1900 g/mol. The quantitative estimate of drug-likeness (QED) is 0.0363. The molecule has 0 amide bonds. The standard InChI is InChI=1S/C39H91O4P32.CH3.3Y/c1-2-3-28-4-8-30(9-5-28)26-32-12-16-34(17-13-32)38(40)42-36-20-22-37(23-21-36)43-39(41)35-18-14-33(15-19-35)27-31-10-6-29(7-11-31)24-25-61(70(72(62(45)46)63(47)48)73(64(49)50)65(51)52)71(74(66(53)54)67(55)56)75(68(57)58)69(59)60-44;;;;/h20-22,28-35,60H,2-19,24-27,44-59H2,1H3;1H3;;;/q2*-1;;;. The summed E-state index contributed by atoms with van der Waals surface area (Å²) in [6, 6.07) is 8.29. The van der Waals surface area contributed by atoms with Crippen molar-refractivity contribution in [1.29, 1.82) is 0 Å². The van der Waals surface area contributed by atoms with E-state index in [9.17, 15) is 9.59 Å². The molecule has 4 nitrogen and oxygen atoms in total. The Bertz CT molecular complexity index is 1770. The Morgan fingerprint density at radius 1 is 0.481 bits per heavy atom. The van der Waals surface area contributed by atoms with Gasteiger partial charge in [0.05, 0.1) is 11.8 Å². The number of benzene rings is 1. The smallest absolute Gasteiger partial charge is 0.312 e. The molecule has 21 atom stereocenters. The zero-order valence-corrected chi connectivity index (χ0v) is 87.6. The maximum Gasteiger partial charge on any atom is 0.312 e. The molecule has 3 radical (unpaired) electrons. The number of ether oxygens (including phenoxy) is 2. The molecule has 0 aromatic heterocycles. The van der Waals surface area contributed by atoms with Gasteiger partial charge in [0.2, 0.25) is 0 Å². The van der Waals surface area contributed by atoms with Crippen molar-refractivity contribution in [2.75, 3.05) is 6.16 Å². The Kier molecular flexibility index (Phi) is 59.0. The van der Waals surface area contributed by atoms with Crippen LogP contribution in [0.15, 0.2) is 18.2 Å². The van der Waals surface area contributed by atoms with Gasteiger partial charge in [-0.1, -0.05) is 79.1 Å². The van der Waals surface area contributed by atoms with Crippen molar-refractivity contribution in [2.24, 2.45) is 47.3 Å². The van der Waals surface area contributed by atoms with E-state index >= 15 is 0 Å². The summed E-state index contributed by atoms with van der Waals surface area (Å²) in [5.41, 5.74) is 0. The molecule has 4 aliphatic rings. The van der Waals surface area contributed by atoms with Crippen LogP contribution in [-0.4, -0.2) is 18.1 Å². The molecule has 4 aliphatic carbocycles. The van der Waals surface area contributed by atoms with Crippen LogP contribution >= 0.6 is 256 Å². The van der Waals surface area contributed by atoms with E-state index in [0.717, 1.165) is 94.8 Å². The number of hydrogen-bond donors (Lipinski definition) is 0. The van der Waals surface area contributed by atoms with Gasteiger partial charge in [-0.3, -0.25) is 9.59 Å². The van der Waals surface area contributed by atoms with Crippen molar-refractivity contribution in [2.45, 2.75) is 142 Å². The van der Waals surface area contributed by atoms with Crippen LogP contribution in [0.1, 0.15) is 142 Å². The normalized spacial score (nSPS) is 25.7. The van der Waals surface area contributed by atoms with Crippen molar-refractivity contribution in [3.63, 3.8) is 0 Å². The van der Waals surface area contributed by atoms with E-state index in [0.29, 0.717) is 11.5 Å². The van der Waals surface area contributed by atoms with Gasteiger partial charge in [-0.25, -0.2) is 0 Å². The monoisotopic (exact) mass is 1900 g/mol. The molecule has 0 saturated heterocycles. The van der Waals surface area contributed by atoms with Crippen LogP contribution in [0.25, 0.3) is 0 Å². The molecule has 0 spiro atoms. The Hall–Kier alpha value is 15.2. The summed E-state index contributed by atoms with van der Waals surface area (Å²) in [6.07, 6.45) is 27.9. The third kappa shape index (κ3) is 32.2. The molecular formula is C40H94O4P32Y3-2. The molecule has 1 aromatic carbocycles. The minimum absolute atomic E-state index is 0. The van der Waals surface area contributed by atoms with Crippen molar-refractivity contribution in [3.8, 4) is 11.5 Å². The molecule has 0 bridgehead atoms. The second-order valence-corrected chi connectivity index (χ2v) is 149. The first-order valence-electron chi connectivity index (χ1n) is 25.7. The first kappa shape index (κ1) is 92.2. The van der Waals surface area contributed by atoms with Gasteiger partial charge in [0.1, 0.15) is 0 Å². The van der Waals surface area contributed by atoms with Gasteiger partial charge in [0, 0.05) is 110 Å². The maximum atomic E-state index is 13.5. The first-order valence-corrected chi connectivity index (χ1v) is 83.8. The second kappa shape index (κ2) is 50.6. The van der Waals surface area contributed by atoms with Crippen molar-refractivity contribution in [3.05, 3.63) is 31.7 Å². The topological polar surface area (TPSA) is 52.6 Å². The number of carbonyl (C=O) groups is 2. The van der Waals surface area contributed by atoms with Crippen LogP contribution in [0.2, 0.25) is 0 Å². The van der Waals surface area contributed by atoms with Gasteiger partial charge in [0.25, 0.3) is 0 Å². The molecule has 79 heavy (non-hydrogen) atoms. The summed E-state index contributed by atoms with van der Waals surface area (Å²) in [5, 5.41) is 0. The first-order chi connectivity index (χ1) is 35.6. The molecule has 1 aromatic rings. The van der Waals surface area contributed by atoms with E-state index in [1.165, 1.54) is 89.6 Å². The van der Waals surface area contributed by atoms with Crippen LogP contribution in [0.5, 0.6) is 11.5 Å². The van der Waals surface area contributed by atoms with Gasteiger partial charge in [-0.15, -0.1) is 167 Å². The van der Waals surface area contributed by atoms with Gasteiger partial charge in [-0.2, -0.15) is 0 Å². The van der Waals surface area contributed by atoms with Crippen molar-refractivity contribution in [1.82, 2.24) is 0 Å². The fourth-order valence-electron chi connectivity index (χ4n) is 11.4. The molecule has 5 rings (SSSR count). The average Bonchev–Trinajstić information content (AvgIpc) is 3.35. The number of esters is 2. The molecule has 449 valence electrons. The molecule has 0 aliphatic heterocycles. The molecule has 21 unspecified atom stereocenters. The van der Waals surface area contributed by atoms with Crippen LogP contribution in [0.4, 0.5) is 0 Å². The van der Waals surface area contributed by atoms with Gasteiger partial charge >= 0.3 is 11.9 Å². The van der Waals surface area contributed by atoms with Crippen LogP contribution in [-0.2, 0) is 108 Å². The molecule has 4 saturated carbocycles. The second-order valence-electron chi connectivity index (χ2n) is 20.3. The molecular weight excluding hydrogens is 1800 g/mol. The van der Waals surface area contributed by atoms with Crippen LogP contribution in [0, 0.1) is 60.8 Å². The van der Waals surface area contributed by atoms with Crippen LogP contribution in [0.3, 0.4) is 0 Å². The molecule has 4 fully saturated rings. The summed E-state index contributed by atoms with van der Waals surface area (Å²) in [5.74, 6) is 5.65. The molecule has 0 heterocycles. The van der Waals surface area contributed by atoms with Crippen molar-refractivity contribution < 1.29 is 117 Å². The zero-order valence-electron chi connectivity index (χ0n) is 46.2. The van der Waals surface area contributed by atoms with Gasteiger partial charge in [0.15, 0.2) is 0 Å².